The van der Waals surface area contributed by atoms with E-state index in [1.165, 1.54) is 28.2 Å². The molecule has 4 rings (SSSR count). The number of anilines is 2. The molecule has 0 bridgehead atoms. The number of nitrogens with zero attached hydrogens (tertiary/aromatic N) is 2. The third-order valence-corrected chi connectivity index (χ3v) is 8.62. The van der Waals surface area contributed by atoms with Gasteiger partial charge in [0.1, 0.15) is 0 Å². The number of rotatable bonds is 11. The molecular formula is C36H49N3O. The lowest BCUT2D eigenvalue weighted by molar-refractivity contribution is -0.121. The average molecular weight is 540 g/mol. The SMILES string of the molecule is CCN1/C(=C/C=C/C=C/C2N(CCCCCC(=O)NC(C)C)c3ccccc3C2(C)C)C(C)(C)c2ccccc21. The number of benzene rings is 2. The summed E-state index contributed by atoms with van der Waals surface area (Å²) in [5, 5.41) is 3.00. The van der Waals surface area contributed by atoms with Gasteiger partial charge in [0.2, 0.25) is 5.91 Å². The molecule has 1 atom stereocenters. The fraction of sp³-hybridized carbons (Fsp3) is 0.472. The molecule has 1 unspecified atom stereocenters. The van der Waals surface area contributed by atoms with Crippen LogP contribution in [0.25, 0.3) is 0 Å². The minimum Gasteiger partial charge on any atom is -0.364 e. The van der Waals surface area contributed by atoms with Crippen molar-refractivity contribution in [1.29, 1.82) is 0 Å². The van der Waals surface area contributed by atoms with Crippen molar-refractivity contribution in [3.8, 4) is 0 Å². The number of carbonyl (C=O) groups is 1. The fourth-order valence-electron chi connectivity index (χ4n) is 6.57. The standard InChI is InChI=1S/C36H49N3O/c1-8-38-30-21-16-14-19-28(30)35(4,5)32(38)23-11-9-12-24-33-36(6,7)29-20-15-17-22-31(29)39(33)26-18-10-13-25-34(40)37-27(2)3/h9,11-12,14-17,19-24,27,33H,8,10,13,18,25-26H2,1-7H3,(H,37,40)/b11-9+,24-12+,32-23+. The molecule has 1 amide bonds. The van der Waals surface area contributed by atoms with E-state index in [4.69, 9.17) is 0 Å². The normalized spacial score (nSPS) is 20.2. The van der Waals surface area contributed by atoms with Gasteiger partial charge >= 0.3 is 0 Å². The lowest BCUT2D eigenvalue weighted by Crippen LogP contribution is -2.40. The highest BCUT2D eigenvalue weighted by Crippen LogP contribution is 2.48. The minimum absolute atomic E-state index is 0.0119. The summed E-state index contributed by atoms with van der Waals surface area (Å²) in [6.45, 7) is 17.6. The van der Waals surface area contributed by atoms with E-state index in [2.05, 4.69) is 129 Å². The number of fused-ring (bicyclic) bond motifs is 2. The third-order valence-electron chi connectivity index (χ3n) is 8.62. The number of carbonyl (C=O) groups excluding carboxylic acids is 1. The maximum Gasteiger partial charge on any atom is 0.220 e. The third kappa shape index (κ3) is 6.06. The quantitative estimate of drug-likeness (QED) is 0.232. The topological polar surface area (TPSA) is 35.6 Å². The Hall–Kier alpha value is -3.27. The van der Waals surface area contributed by atoms with E-state index >= 15 is 0 Å². The Balaban J connectivity index is 1.45. The first kappa shape index (κ1) is 29.7. The second-order valence-corrected chi connectivity index (χ2v) is 12.6. The van der Waals surface area contributed by atoms with Crippen LogP contribution in [-0.2, 0) is 15.6 Å². The van der Waals surface area contributed by atoms with Gasteiger partial charge < -0.3 is 15.1 Å². The highest BCUT2D eigenvalue weighted by Gasteiger charge is 2.42. The smallest absolute Gasteiger partial charge is 0.220 e. The molecule has 214 valence electrons. The number of para-hydroxylation sites is 2. The molecule has 40 heavy (non-hydrogen) atoms. The molecule has 0 radical (unpaired) electrons. The number of hydrogen-bond acceptors (Lipinski definition) is 3. The van der Waals surface area contributed by atoms with Crippen LogP contribution in [0.3, 0.4) is 0 Å². The number of unbranched alkanes of at least 4 members (excludes halogenated alkanes) is 2. The molecule has 2 aromatic carbocycles. The molecule has 4 heteroatoms. The molecule has 2 aromatic rings. The van der Waals surface area contributed by atoms with Gasteiger partial charge in [0.25, 0.3) is 0 Å². The zero-order chi connectivity index (χ0) is 28.9. The summed E-state index contributed by atoms with van der Waals surface area (Å²) in [7, 11) is 0. The van der Waals surface area contributed by atoms with Gasteiger partial charge in [0.05, 0.1) is 6.04 Å². The number of hydrogen-bond donors (Lipinski definition) is 1. The van der Waals surface area contributed by atoms with Crippen molar-refractivity contribution in [3.05, 3.63) is 95.7 Å². The van der Waals surface area contributed by atoms with E-state index < -0.39 is 0 Å². The predicted octanol–water partition coefficient (Wildman–Crippen LogP) is 8.05. The van der Waals surface area contributed by atoms with Gasteiger partial charge in [-0.1, -0.05) is 94.8 Å². The summed E-state index contributed by atoms with van der Waals surface area (Å²) < 4.78 is 0. The van der Waals surface area contributed by atoms with Gasteiger partial charge in [-0.3, -0.25) is 4.79 Å². The van der Waals surface area contributed by atoms with Gasteiger partial charge in [-0.15, -0.1) is 0 Å². The van der Waals surface area contributed by atoms with Crippen molar-refractivity contribution in [2.24, 2.45) is 0 Å². The fourth-order valence-corrected chi connectivity index (χ4v) is 6.57. The Morgan fingerprint density at radius 3 is 2.27 bits per heavy atom. The first-order valence-electron chi connectivity index (χ1n) is 15.2. The lowest BCUT2D eigenvalue weighted by atomic mass is 9.80. The summed E-state index contributed by atoms with van der Waals surface area (Å²) >= 11 is 0. The van der Waals surface area contributed by atoms with Crippen molar-refractivity contribution in [2.45, 2.75) is 97.1 Å². The molecular weight excluding hydrogens is 490 g/mol. The lowest BCUT2D eigenvalue weighted by Gasteiger charge is -2.32. The second-order valence-electron chi connectivity index (χ2n) is 12.6. The molecule has 0 aliphatic carbocycles. The molecule has 0 saturated carbocycles. The Labute approximate surface area is 242 Å². The van der Waals surface area contributed by atoms with Gasteiger partial charge in [0, 0.05) is 53.5 Å². The van der Waals surface area contributed by atoms with Crippen molar-refractivity contribution < 1.29 is 4.79 Å². The van der Waals surface area contributed by atoms with Crippen LogP contribution < -0.4 is 15.1 Å². The predicted molar refractivity (Wildman–Crippen MR) is 171 cm³/mol. The van der Waals surface area contributed by atoms with Crippen LogP contribution in [-0.4, -0.2) is 31.1 Å². The van der Waals surface area contributed by atoms with Crippen LogP contribution in [0.15, 0.2) is 84.6 Å². The first-order chi connectivity index (χ1) is 19.1. The highest BCUT2D eigenvalue weighted by molar-refractivity contribution is 5.76. The van der Waals surface area contributed by atoms with Crippen LogP contribution in [0.2, 0.25) is 0 Å². The zero-order valence-electron chi connectivity index (χ0n) is 25.7. The van der Waals surface area contributed by atoms with Crippen molar-refractivity contribution in [3.63, 3.8) is 0 Å². The summed E-state index contributed by atoms with van der Waals surface area (Å²) in [5.74, 6) is 0.164. The maximum absolute atomic E-state index is 12.0. The number of allylic oxidation sites excluding steroid dienone is 5. The molecule has 0 fully saturated rings. The van der Waals surface area contributed by atoms with Crippen molar-refractivity contribution >= 4 is 17.3 Å². The highest BCUT2D eigenvalue weighted by atomic mass is 16.1. The van der Waals surface area contributed by atoms with Crippen LogP contribution in [0.5, 0.6) is 0 Å². The number of likely N-dealkylation sites (N-methyl/N-ethyl adjacent to an activating group) is 1. The van der Waals surface area contributed by atoms with E-state index in [0.717, 1.165) is 32.4 Å². The maximum atomic E-state index is 12.0. The monoisotopic (exact) mass is 539 g/mol. The molecule has 0 saturated heterocycles. The van der Waals surface area contributed by atoms with Gasteiger partial charge in [-0.05, 0) is 62.9 Å². The van der Waals surface area contributed by atoms with Crippen LogP contribution in [0, 0.1) is 0 Å². The van der Waals surface area contributed by atoms with Gasteiger partial charge in [-0.2, -0.15) is 0 Å². The largest absolute Gasteiger partial charge is 0.364 e. The van der Waals surface area contributed by atoms with Gasteiger partial charge in [-0.25, -0.2) is 0 Å². The number of nitrogens with one attached hydrogen (secondary N) is 1. The first-order valence-corrected chi connectivity index (χ1v) is 15.2. The van der Waals surface area contributed by atoms with E-state index in [1.807, 2.05) is 13.8 Å². The molecule has 1 N–H and O–H groups in total. The minimum atomic E-state index is -0.0119. The van der Waals surface area contributed by atoms with Crippen molar-refractivity contribution in [2.75, 3.05) is 22.9 Å². The van der Waals surface area contributed by atoms with Crippen molar-refractivity contribution in [1.82, 2.24) is 5.32 Å². The van der Waals surface area contributed by atoms with E-state index in [9.17, 15) is 4.79 Å². The van der Waals surface area contributed by atoms with Crippen LogP contribution in [0.1, 0.15) is 85.3 Å². The van der Waals surface area contributed by atoms with Crippen LogP contribution >= 0.6 is 0 Å². The molecule has 2 aliphatic heterocycles. The van der Waals surface area contributed by atoms with Gasteiger partial charge in [0.15, 0.2) is 0 Å². The zero-order valence-corrected chi connectivity index (χ0v) is 25.7. The summed E-state index contributed by atoms with van der Waals surface area (Å²) in [5.41, 5.74) is 6.83. The molecule has 0 aromatic heterocycles. The molecule has 2 heterocycles. The second kappa shape index (κ2) is 12.5. The number of amides is 1. The van der Waals surface area contributed by atoms with E-state index in [-0.39, 0.29) is 28.8 Å². The van der Waals surface area contributed by atoms with E-state index in [1.54, 1.807) is 0 Å². The Morgan fingerprint density at radius 1 is 0.900 bits per heavy atom. The summed E-state index contributed by atoms with van der Waals surface area (Å²) in [4.78, 5) is 17.0. The Bertz CT molecular complexity index is 1270. The Morgan fingerprint density at radius 2 is 1.57 bits per heavy atom. The Kier molecular flexibility index (Phi) is 9.28. The molecule has 2 aliphatic rings. The summed E-state index contributed by atoms with van der Waals surface area (Å²) in [6, 6.07) is 18.1. The summed E-state index contributed by atoms with van der Waals surface area (Å²) in [6.07, 6.45) is 14.9. The molecule has 4 nitrogen and oxygen atoms in total. The van der Waals surface area contributed by atoms with Crippen LogP contribution in [0.4, 0.5) is 11.4 Å². The molecule has 0 spiro atoms. The van der Waals surface area contributed by atoms with E-state index in [0.29, 0.717) is 6.42 Å². The average Bonchev–Trinajstić information content (AvgIpc) is 3.26.